The molecule has 0 spiro atoms. The molecule has 0 aliphatic heterocycles. The van der Waals surface area contributed by atoms with Crippen LogP contribution in [-0.4, -0.2) is 11.0 Å². The Morgan fingerprint density at radius 2 is 2.10 bits per heavy atom. The molecule has 1 aliphatic rings. The van der Waals surface area contributed by atoms with Crippen molar-refractivity contribution in [3.8, 4) is 0 Å². The van der Waals surface area contributed by atoms with Crippen LogP contribution in [0, 0.1) is 11.8 Å². The molecule has 1 N–H and O–H groups in total. The molecule has 1 heterocycles. The van der Waals surface area contributed by atoms with Crippen LogP contribution >= 0.6 is 0 Å². The molecule has 3 unspecified atom stereocenters. The normalized spacial score (nSPS) is 26.2. The molecule has 2 nitrogen and oxygen atoms in total. The Labute approximate surface area is 121 Å². The van der Waals surface area contributed by atoms with Crippen LogP contribution in [0.2, 0.25) is 0 Å². The molecule has 106 valence electrons. The number of aromatic nitrogens is 1. The summed E-state index contributed by atoms with van der Waals surface area (Å²) in [5, 5.41) is 6.26. The molecule has 2 heteroatoms. The van der Waals surface area contributed by atoms with E-state index in [0.717, 1.165) is 18.4 Å². The van der Waals surface area contributed by atoms with Crippen molar-refractivity contribution >= 4 is 10.8 Å². The minimum absolute atomic E-state index is 0.688. The van der Waals surface area contributed by atoms with E-state index in [1.807, 2.05) is 12.4 Å². The van der Waals surface area contributed by atoms with Crippen LogP contribution in [0.5, 0.6) is 0 Å². The van der Waals surface area contributed by atoms with Gasteiger partial charge in [-0.3, -0.25) is 4.98 Å². The highest BCUT2D eigenvalue weighted by atomic mass is 14.9. The Hall–Kier alpha value is -1.41. The Balaban J connectivity index is 1.65. The highest BCUT2D eigenvalue weighted by molar-refractivity contribution is 5.81. The number of hydrogen-bond donors (Lipinski definition) is 1. The summed E-state index contributed by atoms with van der Waals surface area (Å²) >= 11 is 0. The van der Waals surface area contributed by atoms with Crippen LogP contribution in [0.4, 0.5) is 0 Å². The Morgan fingerprint density at radius 1 is 1.20 bits per heavy atom. The lowest BCUT2D eigenvalue weighted by Crippen LogP contribution is -2.32. The quantitative estimate of drug-likeness (QED) is 0.901. The summed E-state index contributed by atoms with van der Waals surface area (Å²) in [4.78, 5) is 4.16. The number of rotatable bonds is 4. The van der Waals surface area contributed by atoms with E-state index in [-0.39, 0.29) is 0 Å². The topological polar surface area (TPSA) is 24.9 Å². The SMILES string of the molecule is CCC1CCC(NCc2ccc3cnccc3c2)C1C. The first-order chi connectivity index (χ1) is 9.78. The molecule has 1 saturated carbocycles. The lowest BCUT2D eigenvalue weighted by molar-refractivity contribution is 0.344. The minimum atomic E-state index is 0.688. The third kappa shape index (κ3) is 2.71. The molecule has 1 aromatic heterocycles. The molecule has 3 atom stereocenters. The zero-order valence-corrected chi connectivity index (χ0v) is 12.5. The highest BCUT2D eigenvalue weighted by Crippen LogP contribution is 2.34. The van der Waals surface area contributed by atoms with Crippen molar-refractivity contribution in [3.63, 3.8) is 0 Å². The van der Waals surface area contributed by atoms with E-state index < -0.39 is 0 Å². The van der Waals surface area contributed by atoms with Crippen molar-refractivity contribution in [2.75, 3.05) is 0 Å². The Kier molecular flexibility index (Phi) is 4.02. The molecule has 1 aliphatic carbocycles. The molecule has 0 amide bonds. The van der Waals surface area contributed by atoms with Crippen LogP contribution in [0.15, 0.2) is 36.7 Å². The minimum Gasteiger partial charge on any atom is -0.310 e. The lowest BCUT2D eigenvalue weighted by Gasteiger charge is -2.21. The van der Waals surface area contributed by atoms with Crippen LogP contribution in [0.1, 0.15) is 38.7 Å². The van der Waals surface area contributed by atoms with E-state index >= 15 is 0 Å². The summed E-state index contributed by atoms with van der Waals surface area (Å²) in [6.45, 7) is 5.70. The first kappa shape index (κ1) is 13.6. The van der Waals surface area contributed by atoms with Gasteiger partial charge in [0.2, 0.25) is 0 Å². The maximum atomic E-state index is 4.16. The van der Waals surface area contributed by atoms with Crippen LogP contribution < -0.4 is 5.32 Å². The zero-order valence-electron chi connectivity index (χ0n) is 12.5. The number of pyridine rings is 1. The summed E-state index contributed by atoms with van der Waals surface area (Å²) in [6, 6.07) is 9.44. The molecule has 0 bridgehead atoms. The van der Waals surface area contributed by atoms with Gasteiger partial charge in [-0.25, -0.2) is 0 Å². The first-order valence-electron chi connectivity index (χ1n) is 7.84. The highest BCUT2D eigenvalue weighted by Gasteiger charge is 2.30. The van der Waals surface area contributed by atoms with Gasteiger partial charge in [-0.05, 0) is 47.8 Å². The van der Waals surface area contributed by atoms with E-state index in [1.54, 1.807) is 0 Å². The molecule has 0 radical (unpaired) electrons. The third-order valence-corrected chi connectivity index (χ3v) is 5.02. The Morgan fingerprint density at radius 3 is 2.90 bits per heavy atom. The van der Waals surface area contributed by atoms with Gasteiger partial charge in [0.1, 0.15) is 0 Å². The first-order valence-corrected chi connectivity index (χ1v) is 7.84. The van der Waals surface area contributed by atoms with E-state index in [1.165, 1.54) is 35.6 Å². The molecular weight excluding hydrogens is 244 g/mol. The van der Waals surface area contributed by atoms with Gasteiger partial charge in [-0.1, -0.05) is 32.4 Å². The molecule has 2 aromatic rings. The molecular formula is C18H24N2. The fourth-order valence-electron chi connectivity index (χ4n) is 3.60. The van der Waals surface area contributed by atoms with Crippen LogP contribution in [0.3, 0.4) is 0 Å². The van der Waals surface area contributed by atoms with Gasteiger partial charge in [0.05, 0.1) is 0 Å². The summed E-state index contributed by atoms with van der Waals surface area (Å²) in [6.07, 6.45) is 7.83. The van der Waals surface area contributed by atoms with Crippen LogP contribution in [-0.2, 0) is 6.54 Å². The monoisotopic (exact) mass is 268 g/mol. The van der Waals surface area contributed by atoms with Gasteiger partial charge in [-0.2, -0.15) is 0 Å². The van der Waals surface area contributed by atoms with Gasteiger partial charge in [-0.15, -0.1) is 0 Å². The van der Waals surface area contributed by atoms with Crippen molar-refractivity contribution in [3.05, 3.63) is 42.2 Å². The van der Waals surface area contributed by atoms with Gasteiger partial charge in [0.15, 0.2) is 0 Å². The lowest BCUT2D eigenvalue weighted by atomic mass is 9.93. The smallest absolute Gasteiger partial charge is 0.0346 e. The average molecular weight is 268 g/mol. The molecule has 3 rings (SSSR count). The third-order valence-electron chi connectivity index (χ3n) is 5.02. The second-order valence-electron chi connectivity index (χ2n) is 6.15. The fourth-order valence-corrected chi connectivity index (χ4v) is 3.60. The van der Waals surface area contributed by atoms with E-state index in [9.17, 15) is 0 Å². The number of fused-ring (bicyclic) bond motifs is 1. The van der Waals surface area contributed by atoms with Gasteiger partial charge < -0.3 is 5.32 Å². The average Bonchev–Trinajstić information content (AvgIpc) is 2.85. The van der Waals surface area contributed by atoms with Crippen molar-refractivity contribution in [2.24, 2.45) is 11.8 Å². The molecule has 20 heavy (non-hydrogen) atoms. The predicted molar refractivity (Wildman–Crippen MR) is 84.5 cm³/mol. The molecule has 1 aromatic carbocycles. The van der Waals surface area contributed by atoms with Gasteiger partial charge in [0, 0.05) is 30.4 Å². The van der Waals surface area contributed by atoms with E-state index in [2.05, 4.69) is 48.4 Å². The second-order valence-corrected chi connectivity index (χ2v) is 6.15. The van der Waals surface area contributed by atoms with Gasteiger partial charge in [0.25, 0.3) is 0 Å². The van der Waals surface area contributed by atoms with Crippen molar-refractivity contribution in [1.82, 2.24) is 10.3 Å². The maximum absolute atomic E-state index is 4.16. The molecule has 1 fully saturated rings. The standard InChI is InChI=1S/C18H24N2/c1-3-15-6-7-18(13(15)2)20-11-14-4-5-17-12-19-9-8-16(17)10-14/h4-5,8-10,12-13,15,18,20H,3,6-7,11H2,1-2H3. The maximum Gasteiger partial charge on any atom is 0.0346 e. The zero-order chi connectivity index (χ0) is 13.9. The van der Waals surface area contributed by atoms with Crippen molar-refractivity contribution < 1.29 is 0 Å². The number of nitrogens with one attached hydrogen (secondary N) is 1. The van der Waals surface area contributed by atoms with E-state index in [4.69, 9.17) is 0 Å². The number of benzene rings is 1. The largest absolute Gasteiger partial charge is 0.310 e. The summed E-state index contributed by atoms with van der Waals surface area (Å²) < 4.78 is 0. The van der Waals surface area contributed by atoms with Crippen molar-refractivity contribution in [2.45, 2.75) is 45.7 Å². The fraction of sp³-hybridized carbons (Fsp3) is 0.500. The summed E-state index contributed by atoms with van der Waals surface area (Å²) in [5.74, 6) is 1.72. The van der Waals surface area contributed by atoms with Gasteiger partial charge >= 0.3 is 0 Å². The second kappa shape index (κ2) is 5.92. The Bertz CT molecular complexity index is 578. The summed E-state index contributed by atoms with van der Waals surface area (Å²) in [5.41, 5.74) is 1.37. The number of hydrogen-bond acceptors (Lipinski definition) is 2. The summed E-state index contributed by atoms with van der Waals surface area (Å²) in [7, 11) is 0. The molecule has 0 saturated heterocycles. The predicted octanol–water partition coefficient (Wildman–Crippen LogP) is 4.15. The van der Waals surface area contributed by atoms with Crippen molar-refractivity contribution in [1.29, 1.82) is 0 Å². The number of nitrogens with zero attached hydrogens (tertiary/aromatic N) is 1. The van der Waals surface area contributed by atoms with Crippen LogP contribution in [0.25, 0.3) is 10.8 Å². The van der Waals surface area contributed by atoms with E-state index in [0.29, 0.717) is 6.04 Å².